The summed E-state index contributed by atoms with van der Waals surface area (Å²) in [6.45, 7) is 6.92. The Morgan fingerprint density at radius 3 is 2.18 bits per heavy atom. The molecule has 0 aliphatic heterocycles. The number of rotatable bonds is 4. The Morgan fingerprint density at radius 2 is 1.91 bits per heavy atom. The highest BCUT2D eigenvalue weighted by Gasteiger charge is 2.28. The lowest BCUT2D eigenvalue weighted by atomic mass is 10.0. The zero-order chi connectivity index (χ0) is 9.07. The summed E-state index contributed by atoms with van der Waals surface area (Å²) >= 11 is 0. The first kappa shape index (κ1) is 10.8. The van der Waals surface area contributed by atoms with Crippen LogP contribution in [0.5, 0.6) is 0 Å². The number of ether oxygens (including phenoxy) is 1. The molecular weight excluding hydrogens is 145 g/mol. The van der Waals surface area contributed by atoms with Gasteiger partial charge < -0.3 is 10.5 Å². The third-order valence-electron chi connectivity index (χ3n) is 1.65. The summed E-state index contributed by atoms with van der Waals surface area (Å²) in [5, 5.41) is 0. The van der Waals surface area contributed by atoms with Crippen molar-refractivity contribution in [2.24, 2.45) is 5.73 Å². The highest BCUT2D eigenvalue weighted by Crippen LogP contribution is 2.14. The molecule has 2 unspecified atom stereocenters. The van der Waals surface area contributed by atoms with E-state index in [0.29, 0.717) is 0 Å². The van der Waals surface area contributed by atoms with Crippen LogP contribution in [0.2, 0.25) is 0 Å². The normalized spacial score (nSPS) is 19.9. The van der Waals surface area contributed by atoms with Crippen molar-refractivity contribution in [3.8, 4) is 0 Å². The van der Waals surface area contributed by atoms with Crippen molar-refractivity contribution in [3.63, 3.8) is 0 Å². The van der Waals surface area contributed by atoms with Crippen LogP contribution in [-0.4, -0.2) is 24.4 Å². The predicted octanol–water partition coefficient (Wildman–Crippen LogP) is 1.49. The van der Waals surface area contributed by atoms with Gasteiger partial charge in [-0.1, -0.05) is 0 Å². The maximum Gasteiger partial charge on any atom is 0.146 e. The number of hydrogen-bond acceptors (Lipinski definition) is 2. The maximum atomic E-state index is 13.3. The van der Waals surface area contributed by atoms with Gasteiger partial charge in [-0.3, -0.25) is 0 Å². The van der Waals surface area contributed by atoms with Gasteiger partial charge in [-0.25, -0.2) is 4.39 Å². The molecule has 0 aromatic carbocycles. The summed E-state index contributed by atoms with van der Waals surface area (Å²) in [7, 11) is 0. The average Bonchev–Trinajstić information content (AvgIpc) is 1.84. The predicted molar refractivity (Wildman–Crippen MR) is 44.3 cm³/mol. The molecule has 0 fully saturated rings. The molecule has 0 aliphatic rings. The fourth-order valence-electron chi connectivity index (χ4n) is 0.461. The van der Waals surface area contributed by atoms with Crippen molar-refractivity contribution >= 4 is 0 Å². The van der Waals surface area contributed by atoms with E-state index in [4.69, 9.17) is 10.5 Å². The van der Waals surface area contributed by atoms with Crippen LogP contribution < -0.4 is 5.73 Å². The summed E-state index contributed by atoms with van der Waals surface area (Å²) in [5.74, 6) is 0. The molecule has 3 heteroatoms. The molecule has 0 saturated carbocycles. The second-order valence-electron chi connectivity index (χ2n) is 3.43. The van der Waals surface area contributed by atoms with Crippen LogP contribution in [0, 0.1) is 0 Å². The summed E-state index contributed by atoms with van der Waals surface area (Å²) in [6, 6.07) is -0.485. The zero-order valence-corrected chi connectivity index (χ0v) is 7.73. The first-order valence-electron chi connectivity index (χ1n) is 3.92. The minimum Gasteiger partial charge on any atom is -0.375 e. The quantitative estimate of drug-likeness (QED) is 0.681. The minimum absolute atomic E-state index is 0.0591. The highest BCUT2D eigenvalue weighted by molar-refractivity contribution is 4.82. The molecule has 11 heavy (non-hydrogen) atoms. The van der Waals surface area contributed by atoms with E-state index in [1.807, 2.05) is 13.8 Å². The monoisotopic (exact) mass is 163 g/mol. The van der Waals surface area contributed by atoms with E-state index in [-0.39, 0.29) is 12.7 Å². The van der Waals surface area contributed by atoms with Gasteiger partial charge in [-0.15, -0.1) is 0 Å². The van der Waals surface area contributed by atoms with Gasteiger partial charge in [0.15, 0.2) is 0 Å². The molecule has 0 spiro atoms. The molecule has 0 heterocycles. The maximum absolute atomic E-state index is 13.3. The zero-order valence-electron chi connectivity index (χ0n) is 7.73. The first-order valence-corrected chi connectivity index (χ1v) is 3.92. The van der Waals surface area contributed by atoms with Gasteiger partial charge in [-0.2, -0.15) is 0 Å². The lowest BCUT2D eigenvalue weighted by Crippen LogP contribution is -2.43. The summed E-state index contributed by atoms with van der Waals surface area (Å²) < 4.78 is 18.4. The van der Waals surface area contributed by atoms with Crippen LogP contribution in [0.15, 0.2) is 0 Å². The third-order valence-corrected chi connectivity index (χ3v) is 1.65. The molecule has 68 valence electrons. The Bertz CT molecular complexity index is 113. The van der Waals surface area contributed by atoms with Gasteiger partial charge in [0.25, 0.3) is 0 Å². The molecule has 2 atom stereocenters. The van der Waals surface area contributed by atoms with Crippen molar-refractivity contribution in [1.29, 1.82) is 0 Å². The summed E-state index contributed by atoms with van der Waals surface area (Å²) in [4.78, 5) is 0. The number of nitrogens with two attached hydrogens (primary N) is 1. The fraction of sp³-hybridized carbons (Fsp3) is 1.00. The number of halogens is 1. The second kappa shape index (κ2) is 4.02. The van der Waals surface area contributed by atoms with Crippen molar-refractivity contribution in [3.05, 3.63) is 0 Å². The van der Waals surface area contributed by atoms with Gasteiger partial charge in [-0.05, 0) is 27.7 Å². The molecule has 0 bridgehead atoms. The first-order chi connectivity index (χ1) is 4.86. The molecule has 0 radical (unpaired) electrons. The van der Waals surface area contributed by atoms with Crippen LogP contribution in [0.25, 0.3) is 0 Å². The minimum atomic E-state index is -1.41. The lowest BCUT2D eigenvalue weighted by Gasteiger charge is -2.25. The van der Waals surface area contributed by atoms with Crippen LogP contribution >= 0.6 is 0 Å². The molecule has 0 rings (SSSR count). The van der Waals surface area contributed by atoms with E-state index in [1.165, 1.54) is 6.92 Å². The number of alkyl halides is 1. The molecule has 2 nitrogen and oxygen atoms in total. The molecule has 0 aromatic heterocycles. The van der Waals surface area contributed by atoms with Crippen LogP contribution in [0.3, 0.4) is 0 Å². The molecule has 0 aliphatic carbocycles. The Kier molecular flexibility index (Phi) is 3.97. The Hall–Kier alpha value is -0.150. The third kappa shape index (κ3) is 4.32. The van der Waals surface area contributed by atoms with Gasteiger partial charge in [0.1, 0.15) is 5.67 Å². The smallest absolute Gasteiger partial charge is 0.146 e. The lowest BCUT2D eigenvalue weighted by molar-refractivity contribution is -0.0146. The average molecular weight is 163 g/mol. The van der Waals surface area contributed by atoms with Gasteiger partial charge >= 0.3 is 0 Å². The Morgan fingerprint density at radius 1 is 1.45 bits per heavy atom. The van der Waals surface area contributed by atoms with Crippen molar-refractivity contribution in [1.82, 2.24) is 0 Å². The Balaban J connectivity index is 3.73. The van der Waals surface area contributed by atoms with Gasteiger partial charge in [0.05, 0.1) is 12.7 Å². The van der Waals surface area contributed by atoms with Gasteiger partial charge in [0.2, 0.25) is 0 Å². The topological polar surface area (TPSA) is 35.2 Å². The van der Waals surface area contributed by atoms with Crippen molar-refractivity contribution in [2.75, 3.05) is 6.61 Å². The van der Waals surface area contributed by atoms with E-state index in [2.05, 4.69) is 0 Å². The summed E-state index contributed by atoms with van der Waals surface area (Å²) in [6.07, 6.45) is 0.0591. The largest absolute Gasteiger partial charge is 0.375 e. The van der Waals surface area contributed by atoms with E-state index < -0.39 is 11.7 Å². The summed E-state index contributed by atoms with van der Waals surface area (Å²) in [5.41, 5.74) is 3.99. The van der Waals surface area contributed by atoms with Crippen molar-refractivity contribution in [2.45, 2.75) is 45.5 Å². The van der Waals surface area contributed by atoms with Crippen LogP contribution in [0.4, 0.5) is 4.39 Å². The van der Waals surface area contributed by atoms with E-state index in [0.717, 1.165) is 0 Å². The van der Waals surface area contributed by atoms with E-state index >= 15 is 0 Å². The molecular formula is C8H18FNO. The standard InChI is InChI=1S/C8H18FNO/c1-6(2)11-5-8(4,9)7(3)10/h6-7H,5,10H2,1-4H3. The SMILES string of the molecule is CC(C)OCC(C)(F)C(C)N. The van der Waals surface area contributed by atoms with E-state index in [1.54, 1.807) is 6.92 Å². The van der Waals surface area contributed by atoms with Crippen LogP contribution in [-0.2, 0) is 4.74 Å². The molecule has 0 aromatic rings. The second-order valence-corrected chi connectivity index (χ2v) is 3.43. The van der Waals surface area contributed by atoms with Crippen molar-refractivity contribution < 1.29 is 9.13 Å². The Labute approximate surface area is 67.9 Å². The fourth-order valence-corrected chi connectivity index (χ4v) is 0.461. The highest BCUT2D eigenvalue weighted by atomic mass is 19.1. The van der Waals surface area contributed by atoms with Gasteiger partial charge in [0, 0.05) is 6.04 Å². The molecule has 2 N–H and O–H groups in total. The van der Waals surface area contributed by atoms with Crippen LogP contribution in [0.1, 0.15) is 27.7 Å². The van der Waals surface area contributed by atoms with E-state index in [9.17, 15) is 4.39 Å². The molecule has 0 saturated heterocycles. The molecule has 0 amide bonds. The number of hydrogen-bond donors (Lipinski definition) is 1.